The molecule has 5 nitrogen and oxygen atoms in total. The fourth-order valence-corrected chi connectivity index (χ4v) is 3.70. The van der Waals surface area contributed by atoms with Crippen molar-refractivity contribution in [3.8, 4) is 22.9 Å². The number of rotatable bonds is 4. The van der Waals surface area contributed by atoms with Crippen molar-refractivity contribution in [3.63, 3.8) is 0 Å². The van der Waals surface area contributed by atoms with Gasteiger partial charge in [-0.2, -0.15) is 0 Å². The Bertz CT molecular complexity index is 952. The molecule has 0 unspecified atom stereocenters. The zero-order chi connectivity index (χ0) is 19.5. The molecule has 1 N–H and O–H groups in total. The Morgan fingerprint density at radius 3 is 2.43 bits per heavy atom. The van der Waals surface area contributed by atoms with Gasteiger partial charge in [-0.15, -0.1) is 0 Å². The van der Waals surface area contributed by atoms with Gasteiger partial charge in [-0.05, 0) is 48.9 Å². The highest BCUT2D eigenvalue weighted by Gasteiger charge is 2.12. The second-order valence-electron chi connectivity index (χ2n) is 6.72. The molecular weight excluding hydrogens is 395 g/mol. The van der Waals surface area contributed by atoms with Gasteiger partial charge in [0.25, 0.3) is 0 Å². The van der Waals surface area contributed by atoms with Gasteiger partial charge in [-0.3, -0.25) is 0 Å². The van der Waals surface area contributed by atoms with Crippen LogP contribution >= 0.6 is 23.2 Å². The summed E-state index contributed by atoms with van der Waals surface area (Å²) in [6.45, 7) is 5.86. The summed E-state index contributed by atoms with van der Waals surface area (Å²) in [6.07, 6.45) is 1.73. The zero-order valence-corrected chi connectivity index (χ0v) is 17.0. The van der Waals surface area contributed by atoms with Crippen molar-refractivity contribution in [1.82, 2.24) is 15.3 Å². The van der Waals surface area contributed by atoms with Crippen molar-refractivity contribution in [2.75, 3.05) is 31.1 Å². The average molecular weight is 415 g/mol. The van der Waals surface area contributed by atoms with Crippen LogP contribution < -0.4 is 15.0 Å². The summed E-state index contributed by atoms with van der Waals surface area (Å²) in [6, 6.07) is 13.1. The molecule has 0 amide bonds. The van der Waals surface area contributed by atoms with Crippen LogP contribution in [0, 0.1) is 6.92 Å². The molecule has 7 heteroatoms. The van der Waals surface area contributed by atoms with Crippen molar-refractivity contribution in [2.45, 2.75) is 6.92 Å². The molecule has 0 atom stereocenters. The predicted molar refractivity (Wildman–Crippen MR) is 114 cm³/mol. The smallest absolute Gasteiger partial charge is 0.220 e. The van der Waals surface area contributed by atoms with Crippen LogP contribution in [-0.2, 0) is 0 Å². The Hall–Kier alpha value is -2.34. The predicted octanol–water partition coefficient (Wildman–Crippen LogP) is 4.96. The van der Waals surface area contributed by atoms with E-state index in [4.69, 9.17) is 27.9 Å². The number of halogens is 2. The van der Waals surface area contributed by atoms with E-state index in [2.05, 4.69) is 20.2 Å². The highest BCUT2D eigenvalue weighted by atomic mass is 35.5. The number of hydrogen-bond donors (Lipinski definition) is 1. The average Bonchev–Trinajstić information content (AvgIpc) is 2.68. The number of piperazine rings is 1. The van der Waals surface area contributed by atoms with Crippen LogP contribution in [-0.4, -0.2) is 36.1 Å². The first-order valence-electron chi connectivity index (χ1n) is 9.11. The van der Waals surface area contributed by atoms with Gasteiger partial charge in [-0.25, -0.2) is 9.97 Å². The number of nitrogens with one attached hydrogen (secondary N) is 1. The summed E-state index contributed by atoms with van der Waals surface area (Å²) in [5.74, 6) is 2.11. The number of aromatic nitrogens is 2. The van der Waals surface area contributed by atoms with Gasteiger partial charge in [-0.1, -0.05) is 23.2 Å². The van der Waals surface area contributed by atoms with Crippen LogP contribution in [0.3, 0.4) is 0 Å². The molecule has 1 aliphatic heterocycles. The van der Waals surface area contributed by atoms with Crippen molar-refractivity contribution in [3.05, 3.63) is 64.3 Å². The molecule has 1 aliphatic rings. The van der Waals surface area contributed by atoms with Gasteiger partial charge in [0.1, 0.15) is 11.6 Å². The van der Waals surface area contributed by atoms with Gasteiger partial charge in [0.05, 0.1) is 11.9 Å². The monoisotopic (exact) mass is 414 g/mol. The maximum atomic E-state index is 6.13. The summed E-state index contributed by atoms with van der Waals surface area (Å²) >= 11 is 12.3. The van der Waals surface area contributed by atoms with Crippen LogP contribution in [0.4, 0.5) is 5.82 Å². The first-order chi connectivity index (χ1) is 13.6. The number of nitrogens with zero attached hydrogens (tertiary/aromatic N) is 3. The van der Waals surface area contributed by atoms with Gasteiger partial charge in [0.2, 0.25) is 5.88 Å². The first-order valence-corrected chi connectivity index (χ1v) is 9.87. The largest absolute Gasteiger partial charge is 0.437 e. The number of pyridine rings is 2. The fourth-order valence-electron chi connectivity index (χ4n) is 3.17. The third-order valence-corrected chi connectivity index (χ3v) is 4.93. The molecule has 4 rings (SSSR count). The lowest BCUT2D eigenvalue weighted by atomic mass is 10.1. The second kappa shape index (κ2) is 8.35. The Kier molecular flexibility index (Phi) is 5.67. The van der Waals surface area contributed by atoms with Gasteiger partial charge in [0.15, 0.2) is 0 Å². The van der Waals surface area contributed by atoms with Crippen molar-refractivity contribution in [2.24, 2.45) is 0 Å². The molecule has 1 fully saturated rings. The number of benzene rings is 1. The van der Waals surface area contributed by atoms with Crippen LogP contribution in [0.25, 0.3) is 11.3 Å². The lowest BCUT2D eigenvalue weighted by Crippen LogP contribution is -2.43. The summed E-state index contributed by atoms with van der Waals surface area (Å²) in [7, 11) is 0. The minimum Gasteiger partial charge on any atom is -0.437 e. The Balaban J connectivity index is 1.55. The maximum absolute atomic E-state index is 6.13. The lowest BCUT2D eigenvalue weighted by Gasteiger charge is -2.28. The normalized spacial score (nSPS) is 14.2. The lowest BCUT2D eigenvalue weighted by molar-refractivity contribution is 0.460. The zero-order valence-electron chi connectivity index (χ0n) is 15.5. The summed E-state index contributed by atoms with van der Waals surface area (Å²) < 4.78 is 5.95. The Morgan fingerprint density at radius 1 is 1.00 bits per heavy atom. The van der Waals surface area contributed by atoms with Crippen LogP contribution in [0.15, 0.2) is 48.7 Å². The van der Waals surface area contributed by atoms with Crippen molar-refractivity contribution < 1.29 is 4.74 Å². The van der Waals surface area contributed by atoms with Gasteiger partial charge >= 0.3 is 0 Å². The number of anilines is 1. The summed E-state index contributed by atoms with van der Waals surface area (Å²) in [5.41, 5.74) is 2.63. The van der Waals surface area contributed by atoms with E-state index in [1.54, 1.807) is 12.3 Å². The number of ether oxygens (including phenoxy) is 1. The van der Waals surface area contributed by atoms with Crippen molar-refractivity contribution in [1.29, 1.82) is 0 Å². The van der Waals surface area contributed by atoms with E-state index >= 15 is 0 Å². The third kappa shape index (κ3) is 4.55. The Morgan fingerprint density at radius 2 is 1.75 bits per heavy atom. The van der Waals surface area contributed by atoms with Gasteiger partial charge in [0, 0.05) is 47.9 Å². The first kappa shape index (κ1) is 19.0. The molecule has 0 radical (unpaired) electrons. The molecule has 2 aromatic heterocycles. The quantitative estimate of drug-likeness (QED) is 0.653. The number of aryl methyl sites for hydroxylation is 1. The van der Waals surface area contributed by atoms with Gasteiger partial charge < -0.3 is 15.0 Å². The van der Waals surface area contributed by atoms with E-state index in [1.165, 1.54) is 0 Å². The van der Waals surface area contributed by atoms with Crippen LogP contribution in [0.1, 0.15) is 5.56 Å². The summed E-state index contributed by atoms with van der Waals surface area (Å²) in [5, 5.41) is 4.48. The molecule has 144 valence electrons. The SMILES string of the molecule is Cc1cc(Oc2ccc(N3CCNCC3)nc2)nc(-c2cc(Cl)cc(Cl)c2)c1. The topological polar surface area (TPSA) is 50.3 Å². The van der Waals surface area contributed by atoms with E-state index in [0.29, 0.717) is 21.7 Å². The van der Waals surface area contributed by atoms with E-state index in [0.717, 1.165) is 48.8 Å². The molecule has 0 saturated carbocycles. The van der Waals surface area contributed by atoms with Crippen LogP contribution in [0.5, 0.6) is 11.6 Å². The van der Waals surface area contributed by atoms with Crippen LogP contribution in [0.2, 0.25) is 10.0 Å². The maximum Gasteiger partial charge on any atom is 0.220 e. The standard InChI is InChI=1S/C21H20Cl2N4O/c1-14-8-19(15-10-16(22)12-17(23)11-15)26-21(9-14)28-18-2-3-20(25-13-18)27-6-4-24-5-7-27/h2-3,8-13,24H,4-7H2,1H3. The highest BCUT2D eigenvalue weighted by Crippen LogP contribution is 2.29. The molecule has 3 aromatic rings. The second-order valence-corrected chi connectivity index (χ2v) is 7.59. The fraction of sp³-hybridized carbons (Fsp3) is 0.238. The summed E-state index contributed by atoms with van der Waals surface area (Å²) in [4.78, 5) is 11.4. The molecule has 1 aromatic carbocycles. The molecular formula is C21H20Cl2N4O. The minimum absolute atomic E-state index is 0.503. The van der Waals surface area contributed by atoms with E-state index in [-0.39, 0.29) is 0 Å². The molecule has 3 heterocycles. The molecule has 0 bridgehead atoms. The Labute approximate surface area is 174 Å². The molecule has 28 heavy (non-hydrogen) atoms. The number of hydrogen-bond acceptors (Lipinski definition) is 5. The van der Waals surface area contributed by atoms with E-state index < -0.39 is 0 Å². The van der Waals surface area contributed by atoms with Crippen molar-refractivity contribution >= 4 is 29.0 Å². The van der Waals surface area contributed by atoms with E-state index in [9.17, 15) is 0 Å². The molecule has 0 spiro atoms. The van der Waals surface area contributed by atoms with E-state index in [1.807, 2.05) is 43.3 Å². The third-order valence-electron chi connectivity index (χ3n) is 4.49. The highest BCUT2D eigenvalue weighted by molar-refractivity contribution is 6.35. The molecule has 1 saturated heterocycles. The molecule has 0 aliphatic carbocycles. The minimum atomic E-state index is 0.503.